The van der Waals surface area contributed by atoms with Crippen LogP contribution < -0.4 is 5.32 Å². The molecule has 18 heavy (non-hydrogen) atoms. The fourth-order valence-corrected chi connectivity index (χ4v) is 2.19. The maximum Gasteiger partial charge on any atom is 0.0485 e. The van der Waals surface area contributed by atoms with Gasteiger partial charge in [-0.25, -0.2) is 0 Å². The first-order chi connectivity index (χ1) is 8.68. The van der Waals surface area contributed by atoms with E-state index < -0.39 is 0 Å². The van der Waals surface area contributed by atoms with Gasteiger partial charge in [0.15, 0.2) is 0 Å². The quantitative estimate of drug-likeness (QED) is 0.793. The lowest BCUT2D eigenvalue weighted by atomic mass is 10.00. The molecule has 1 atom stereocenters. The van der Waals surface area contributed by atoms with Gasteiger partial charge in [-0.15, -0.1) is 0 Å². The van der Waals surface area contributed by atoms with E-state index in [0.717, 1.165) is 0 Å². The fourth-order valence-electron chi connectivity index (χ4n) is 2.19. The maximum atomic E-state index is 3.61. The van der Waals surface area contributed by atoms with Crippen LogP contribution in [0.4, 0.5) is 5.69 Å². The van der Waals surface area contributed by atoms with Crippen molar-refractivity contribution in [3.63, 3.8) is 0 Å². The van der Waals surface area contributed by atoms with E-state index in [1.807, 2.05) is 0 Å². The van der Waals surface area contributed by atoms with Crippen LogP contribution in [-0.2, 0) is 0 Å². The normalized spacial score (nSPS) is 12.4. The number of hydrogen-bond donors (Lipinski definition) is 1. The molecular formula is C17H21N. The van der Waals surface area contributed by atoms with Gasteiger partial charge < -0.3 is 5.32 Å². The van der Waals surface area contributed by atoms with Gasteiger partial charge in [-0.05, 0) is 30.0 Å². The maximum absolute atomic E-state index is 3.61. The Morgan fingerprint density at radius 3 is 2.06 bits per heavy atom. The Morgan fingerprint density at radius 2 is 1.39 bits per heavy atom. The van der Waals surface area contributed by atoms with Gasteiger partial charge in [-0.2, -0.15) is 0 Å². The van der Waals surface area contributed by atoms with Gasteiger partial charge in [0.2, 0.25) is 0 Å². The molecule has 0 aliphatic heterocycles. The van der Waals surface area contributed by atoms with Crippen LogP contribution in [0.15, 0.2) is 54.6 Å². The molecular weight excluding hydrogens is 218 g/mol. The summed E-state index contributed by atoms with van der Waals surface area (Å²) in [6.45, 7) is 6.66. The van der Waals surface area contributed by atoms with Crippen molar-refractivity contribution in [1.82, 2.24) is 0 Å². The van der Waals surface area contributed by atoms with Crippen LogP contribution in [0.1, 0.15) is 43.9 Å². The summed E-state index contributed by atoms with van der Waals surface area (Å²) in [4.78, 5) is 0. The Bertz CT molecular complexity index is 488. The highest BCUT2D eigenvalue weighted by Crippen LogP contribution is 2.27. The minimum Gasteiger partial charge on any atom is -0.378 e. The van der Waals surface area contributed by atoms with Crippen LogP contribution in [0, 0.1) is 0 Å². The van der Waals surface area contributed by atoms with E-state index in [1.165, 1.54) is 16.8 Å². The van der Waals surface area contributed by atoms with Crippen LogP contribution in [0.3, 0.4) is 0 Å². The minimum absolute atomic E-state index is 0.325. The minimum atomic E-state index is 0.325. The van der Waals surface area contributed by atoms with E-state index in [9.17, 15) is 0 Å². The zero-order valence-corrected chi connectivity index (χ0v) is 11.4. The molecule has 0 unspecified atom stereocenters. The third-order valence-corrected chi connectivity index (χ3v) is 3.25. The molecule has 0 aliphatic rings. The van der Waals surface area contributed by atoms with Gasteiger partial charge in [0.05, 0.1) is 0 Å². The number of hydrogen-bond acceptors (Lipinski definition) is 1. The molecule has 0 spiro atoms. The largest absolute Gasteiger partial charge is 0.378 e. The van der Waals surface area contributed by atoms with Crippen molar-refractivity contribution in [3.05, 3.63) is 65.7 Å². The van der Waals surface area contributed by atoms with Gasteiger partial charge in [0.25, 0.3) is 0 Å². The molecule has 94 valence electrons. The summed E-state index contributed by atoms with van der Waals surface area (Å²) in [5, 5.41) is 3.61. The molecule has 0 fully saturated rings. The molecule has 2 rings (SSSR count). The lowest BCUT2D eigenvalue weighted by Crippen LogP contribution is -2.08. The van der Waals surface area contributed by atoms with E-state index in [-0.39, 0.29) is 0 Å². The Balaban J connectivity index is 2.19. The van der Waals surface area contributed by atoms with Gasteiger partial charge in [-0.3, -0.25) is 0 Å². The Labute approximate surface area is 110 Å². The first kappa shape index (κ1) is 12.7. The molecule has 2 aromatic rings. The summed E-state index contributed by atoms with van der Waals surface area (Å²) in [6, 6.07) is 19.4. The number of anilines is 1. The van der Waals surface area contributed by atoms with Gasteiger partial charge in [-0.1, -0.05) is 62.4 Å². The smallest absolute Gasteiger partial charge is 0.0485 e. The number of benzene rings is 2. The van der Waals surface area contributed by atoms with Crippen LogP contribution in [-0.4, -0.2) is 0 Å². The third kappa shape index (κ3) is 2.92. The first-order valence-corrected chi connectivity index (χ1v) is 6.59. The molecule has 0 heterocycles. The molecule has 0 bridgehead atoms. The Morgan fingerprint density at radius 1 is 0.778 bits per heavy atom. The summed E-state index contributed by atoms with van der Waals surface area (Å²) in [5.74, 6) is 0.539. The molecule has 1 heteroatoms. The van der Waals surface area contributed by atoms with Crippen molar-refractivity contribution >= 4 is 5.69 Å². The molecule has 0 saturated heterocycles. The van der Waals surface area contributed by atoms with Gasteiger partial charge >= 0.3 is 0 Å². The monoisotopic (exact) mass is 239 g/mol. The average Bonchev–Trinajstić information content (AvgIpc) is 2.40. The fraction of sp³-hybridized carbons (Fsp3) is 0.294. The number of nitrogens with one attached hydrogen (secondary N) is 1. The molecule has 2 aromatic carbocycles. The van der Waals surface area contributed by atoms with Crippen molar-refractivity contribution in [2.24, 2.45) is 0 Å². The highest BCUT2D eigenvalue weighted by Gasteiger charge is 2.09. The van der Waals surface area contributed by atoms with Gasteiger partial charge in [0, 0.05) is 11.7 Å². The first-order valence-electron chi connectivity index (χ1n) is 6.59. The van der Waals surface area contributed by atoms with E-state index in [1.54, 1.807) is 0 Å². The predicted molar refractivity (Wildman–Crippen MR) is 79.0 cm³/mol. The number of rotatable bonds is 4. The highest BCUT2D eigenvalue weighted by atomic mass is 14.9. The van der Waals surface area contributed by atoms with Crippen LogP contribution in [0.5, 0.6) is 0 Å². The Hall–Kier alpha value is -1.76. The van der Waals surface area contributed by atoms with Crippen LogP contribution >= 0.6 is 0 Å². The molecule has 0 aliphatic carbocycles. The van der Waals surface area contributed by atoms with E-state index in [0.29, 0.717) is 12.0 Å². The summed E-state index contributed by atoms with van der Waals surface area (Å²) in [5.41, 5.74) is 3.93. The summed E-state index contributed by atoms with van der Waals surface area (Å²) in [7, 11) is 0. The Kier molecular flexibility index (Phi) is 4.03. The second-order valence-electron chi connectivity index (χ2n) is 5.02. The highest BCUT2D eigenvalue weighted by molar-refractivity contribution is 5.53. The van der Waals surface area contributed by atoms with Crippen molar-refractivity contribution in [2.45, 2.75) is 32.7 Å². The van der Waals surface area contributed by atoms with Crippen molar-refractivity contribution in [2.75, 3.05) is 5.32 Å². The van der Waals surface area contributed by atoms with Crippen molar-refractivity contribution in [1.29, 1.82) is 0 Å². The topological polar surface area (TPSA) is 12.0 Å². The van der Waals surface area contributed by atoms with E-state index in [4.69, 9.17) is 0 Å². The van der Waals surface area contributed by atoms with Crippen molar-refractivity contribution < 1.29 is 0 Å². The lowest BCUT2D eigenvalue weighted by Gasteiger charge is -2.20. The second kappa shape index (κ2) is 5.72. The molecule has 1 N–H and O–H groups in total. The molecule has 0 saturated carbocycles. The zero-order valence-electron chi connectivity index (χ0n) is 11.4. The van der Waals surface area contributed by atoms with Crippen LogP contribution in [0.25, 0.3) is 0 Å². The summed E-state index contributed by atoms with van der Waals surface area (Å²) >= 11 is 0. The number of para-hydroxylation sites is 1. The standard InChI is InChI=1S/C17H21N/c1-13(2)16-11-7-8-12-17(16)18-14(3)15-9-5-4-6-10-15/h4-14,18H,1-3H3/t14-/m1/s1. The van der Waals surface area contributed by atoms with Crippen molar-refractivity contribution in [3.8, 4) is 0 Å². The summed E-state index contributed by atoms with van der Waals surface area (Å²) < 4.78 is 0. The van der Waals surface area contributed by atoms with E-state index >= 15 is 0 Å². The summed E-state index contributed by atoms with van der Waals surface area (Å²) in [6.07, 6.45) is 0. The molecule has 1 nitrogen and oxygen atoms in total. The average molecular weight is 239 g/mol. The predicted octanol–water partition coefficient (Wildman–Crippen LogP) is 4.98. The SMILES string of the molecule is CC(C)c1ccccc1N[C@H](C)c1ccccc1. The molecule has 0 amide bonds. The van der Waals surface area contributed by atoms with Crippen LogP contribution in [0.2, 0.25) is 0 Å². The lowest BCUT2D eigenvalue weighted by molar-refractivity contribution is 0.841. The molecule has 0 aromatic heterocycles. The van der Waals surface area contributed by atoms with E-state index in [2.05, 4.69) is 80.7 Å². The second-order valence-corrected chi connectivity index (χ2v) is 5.02. The zero-order chi connectivity index (χ0) is 13.0. The molecule has 0 radical (unpaired) electrons. The van der Waals surface area contributed by atoms with Gasteiger partial charge in [0.1, 0.15) is 0 Å². The third-order valence-electron chi connectivity index (χ3n) is 3.25.